The number of hydrogen-bond donors (Lipinski definition) is 2. The largest absolute Gasteiger partial charge is 0.381 e. The Kier molecular flexibility index (Phi) is 5.02. The lowest BCUT2D eigenvalue weighted by atomic mass is 10.2. The van der Waals surface area contributed by atoms with Gasteiger partial charge in [0.05, 0.1) is 22.6 Å². The van der Waals surface area contributed by atoms with Crippen LogP contribution >= 0.6 is 11.6 Å². The van der Waals surface area contributed by atoms with E-state index in [0.717, 1.165) is 0 Å². The molecule has 3 heterocycles. The van der Waals surface area contributed by atoms with E-state index in [-0.39, 0.29) is 16.9 Å². The van der Waals surface area contributed by atoms with Crippen LogP contribution in [0.15, 0.2) is 71.8 Å². The minimum atomic E-state index is -0.660. The molecule has 0 spiro atoms. The fourth-order valence-corrected chi connectivity index (χ4v) is 3.91. The van der Waals surface area contributed by atoms with Crippen molar-refractivity contribution in [3.05, 3.63) is 93.8 Å². The number of rotatable bonds is 4. The Bertz CT molecular complexity index is 1580. The smallest absolute Gasteiger partial charge is 0.266 e. The summed E-state index contributed by atoms with van der Waals surface area (Å²) in [5, 5.41) is 7.89. The molecular formula is C23H18ClN7O2. The van der Waals surface area contributed by atoms with Gasteiger partial charge in [0, 0.05) is 17.4 Å². The molecule has 0 aliphatic carbocycles. The van der Waals surface area contributed by atoms with Crippen LogP contribution in [-0.4, -0.2) is 30.1 Å². The molecule has 3 aromatic heterocycles. The predicted molar refractivity (Wildman–Crippen MR) is 126 cm³/mol. The summed E-state index contributed by atoms with van der Waals surface area (Å²) in [5.74, 6) is -0.0804. The predicted octanol–water partition coefficient (Wildman–Crippen LogP) is 3.16. The van der Waals surface area contributed by atoms with Gasteiger partial charge in [0.2, 0.25) is 0 Å². The number of anilines is 1. The molecule has 3 N–H and O–H groups in total. The Morgan fingerprint density at radius 2 is 1.94 bits per heavy atom. The number of nitrogens with one attached hydrogen (secondary N) is 1. The second-order valence-electron chi connectivity index (χ2n) is 7.45. The van der Waals surface area contributed by atoms with Crippen molar-refractivity contribution in [2.24, 2.45) is 0 Å². The maximum atomic E-state index is 13.4. The van der Waals surface area contributed by atoms with E-state index in [4.69, 9.17) is 17.3 Å². The number of para-hydroxylation sites is 1. The van der Waals surface area contributed by atoms with Gasteiger partial charge in [-0.25, -0.2) is 14.5 Å². The van der Waals surface area contributed by atoms with Crippen LogP contribution in [-0.2, 0) is 0 Å². The molecule has 1 amide bonds. The highest BCUT2D eigenvalue weighted by molar-refractivity contribution is 6.31. The number of hydrogen-bond acceptors (Lipinski definition) is 6. The molecule has 164 valence electrons. The molecule has 0 bridgehead atoms. The molecule has 0 saturated carbocycles. The zero-order valence-corrected chi connectivity index (χ0v) is 18.2. The normalized spacial score (nSPS) is 12.2. The Morgan fingerprint density at radius 3 is 2.73 bits per heavy atom. The van der Waals surface area contributed by atoms with Gasteiger partial charge in [-0.1, -0.05) is 29.8 Å². The third-order valence-electron chi connectivity index (χ3n) is 5.26. The standard InChI is InChI=1S/C23H18ClN7O2/c1-13(27-22(32)18-19(25)29-30-11-5-10-26-21(18)30)20-28-17-12-14(24)8-9-16(17)23(33)31(20)15-6-3-2-4-7-15/h2-13H,1H3,(H2,25,29)(H,27,32). The van der Waals surface area contributed by atoms with Crippen molar-refractivity contribution in [3.8, 4) is 5.69 Å². The third-order valence-corrected chi connectivity index (χ3v) is 5.49. The van der Waals surface area contributed by atoms with Gasteiger partial charge >= 0.3 is 0 Å². The van der Waals surface area contributed by atoms with Crippen molar-refractivity contribution >= 4 is 39.9 Å². The van der Waals surface area contributed by atoms with Crippen LogP contribution in [0.3, 0.4) is 0 Å². The summed E-state index contributed by atoms with van der Waals surface area (Å²) in [6.07, 6.45) is 3.21. The van der Waals surface area contributed by atoms with E-state index in [1.54, 1.807) is 55.7 Å². The summed E-state index contributed by atoms with van der Waals surface area (Å²) >= 11 is 6.14. The van der Waals surface area contributed by atoms with Gasteiger partial charge in [-0.15, -0.1) is 5.10 Å². The number of nitrogens with two attached hydrogens (primary N) is 1. The van der Waals surface area contributed by atoms with E-state index >= 15 is 0 Å². The fourth-order valence-electron chi connectivity index (χ4n) is 3.75. The van der Waals surface area contributed by atoms with Gasteiger partial charge in [-0.3, -0.25) is 14.2 Å². The molecule has 0 fully saturated rings. The molecule has 0 aliphatic rings. The van der Waals surface area contributed by atoms with Crippen molar-refractivity contribution in [3.63, 3.8) is 0 Å². The number of fused-ring (bicyclic) bond motifs is 2. The van der Waals surface area contributed by atoms with Crippen molar-refractivity contribution in [2.75, 3.05) is 5.73 Å². The summed E-state index contributed by atoms with van der Waals surface area (Å²) in [6, 6.07) is 15.1. The topological polar surface area (TPSA) is 120 Å². The lowest BCUT2D eigenvalue weighted by molar-refractivity contribution is 0.0940. The highest BCUT2D eigenvalue weighted by Crippen LogP contribution is 2.22. The van der Waals surface area contributed by atoms with E-state index in [1.165, 1.54) is 9.08 Å². The number of nitrogen functional groups attached to an aromatic ring is 1. The number of benzene rings is 2. The molecule has 0 radical (unpaired) electrons. The van der Waals surface area contributed by atoms with E-state index in [1.807, 2.05) is 18.2 Å². The summed E-state index contributed by atoms with van der Waals surface area (Å²) in [5.41, 5.74) is 7.27. The molecule has 0 saturated heterocycles. The molecule has 0 aliphatic heterocycles. The Morgan fingerprint density at radius 1 is 1.15 bits per heavy atom. The highest BCUT2D eigenvalue weighted by atomic mass is 35.5. The quantitative estimate of drug-likeness (QED) is 0.426. The summed E-state index contributed by atoms with van der Waals surface area (Å²) in [6.45, 7) is 1.74. The molecule has 1 atom stereocenters. The average Bonchev–Trinajstić information content (AvgIpc) is 3.15. The van der Waals surface area contributed by atoms with Crippen LogP contribution in [0.5, 0.6) is 0 Å². The molecule has 2 aromatic carbocycles. The fraction of sp³-hybridized carbons (Fsp3) is 0.0870. The zero-order chi connectivity index (χ0) is 23.1. The van der Waals surface area contributed by atoms with Crippen LogP contribution in [0.25, 0.3) is 22.2 Å². The first-order valence-corrected chi connectivity index (χ1v) is 10.5. The number of aromatic nitrogens is 5. The van der Waals surface area contributed by atoms with Crippen LogP contribution in [0.2, 0.25) is 5.02 Å². The Labute approximate surface area is 192 Å². The maximum Gasteiger partial charge on any atom is 0.266 e. The van der Waals surface area contributed by atoms with Gasteiger partial charge in [-0.05, 0) is 43.3 Å². The summed E-state index contributed by atoms with van der Waals surface area (Å²) in [4.78, 5) is 35.5. The zero-order valence-electron chi connectivity index (χ0n) is 17.4. The Balaban J connectivity index is 1.63. The molecule has 5 aromatic rings. The summed E-state index contributed by atoms with van der Waals surface area (Å²) in [7, 11) is 0. The van der Waals surface area contributed by atoms with Gasteiger partial charge in [0.1, 0.15) is 11.4 Å². The third kappa shape index (κ3) is 3.58. The van der Waals surface area contributed by atoms with Gasteiger partial charge in [0.15, 0.2) is 11.5 Å². The van der Waals surface area contributed by atoms with E-state index in [9.17, 15) is 9.59 Å². The molecular weight excluding hydrogens is 442 g/mol. The lowest BCUT2D eigenvalue weighted by Crippen LogP contribution is -2.33. The molecule has 1 unspecified atom stereocenters. The first-order valence-electron chi connectivity index (χ1n) is 10.1. The first kappa shape index (κ1) is 20.7. The monoisotopic (exact) mass is 459 g/mol. The van der Waals surface area contributed by atoms with Crippen LogP contribution in [0.1, 0.15) is 29.1 Å². The van der Waals surface area contributed by atoms with Crippen LogP contribution < -0.4 is 16.6 Å². The number of carbonyl (C=O) groups excluding carboxylic acids is 1. The van der Waals surface area contributed by atoms with Crippen molar-refractivity contribution in [1.29, 1.82) is 0 Å². The molecule has 9 nitrogen and oxygen atoms in total. The first-order chi connectivity index (χ1) is 15.9. The number of nitrogens with zero attached hydrogens (tertiary/aromatic N) is 5. The number of halogens is 1. The second-order valence-corrected chi connectivity index (χ2v) is 7.89. The minimum absolute atomic E-state index is 0.0529. The van der Waals surface area contributed by atoms with Gasteiger partial charge < -0.3 is 11.1 Å². The highest BCUT2D eigenvalue weighted by Gasteiger charge is 2.24. The van der Waals surface area contributed by atoms with Gasteiger partial charge in [-0.2, -0.15) is 0 Å². The Hall–Kier alpha value is -4.24. The van der Waals surface area contributed by atoms with E-state index < -0.39 is 11.9 Å². The maximum absolute atomic E-state index is 13.4. The number of carbonyl (C=O) groups is 1. The molecule has 10 heteroatoms. The second kappa shape index (κ2) is 8.03. The van der Waals surface area contributed by atoms with Crippen molar-refractivity contribution in [1.82, 2.24) is 29.5 Å². The van der Waals surface area contributed by atoms with Gasteiger partial charge in [0.25, 0.3) is 11.5 Å². The SMILES string of the molecule is CC(NC(=O)c1c(N)nn2cccnc12)c1nc2cc(Cl)ccc2c(=O)n1-c1ccccc1. The average molecular weight is 460 g/mol. The molecule has 33 heavy (non-hydrogen) atoms. The number of amides is 1. The summed E-state index contributed by atoms with van der Waals surface area (Å²) < 4.78 is 2.92. The molecule has 5 rings (SSSR count). The van der Waals surface area contributed by atoms with E-state index in [0.29, 0.717) is 33.1 Å². The van der Waals surface area contributed by atoms with E-state index in [2.05, 4.69) is 20.4 Å². The lowest BCUT2D eigenvalue weighted by Gasteiger charge is -2.19. The minimum Gasteiger partial charge on any atom is -0.381 e. The van der Waals surface area contributed by atoms with Crippen molar-refractivity contribution < 1.29 is 4.79 Å². The van der Waals surface area contributed by atoms with Crippen LogP contribution in [0.4, 0.5) is 5.82 Å². The van der Waals surface area contributed by atoms with Crippen molar-refractivity contribution in [2.45, 2.75) is 13.0 Å². The van der Waals surface area contributed by atoms with Crippen LogP contribution in [0, 0.1) is 0 Å².